The minimum Gasteiger partial charge on any atom is -0.495 e. The summed E-state index contributed by atoms with van der Waals surface area (Å²) in [5, 5.41) is 6.81. The van der Waals surface area contributed by atoms with Crippen LogP contribution in [-0.4, -0.2) is 26.1 Å². The largest absolute Gasteiger partial charge is 0.495 e. The van der Waals surface area contributed by atoms with Crippen LogP contribution in [0, 0.1) is 5.92 Å². The number of hydrogen-bond donors (Lipinski definition) is 2. The lowest BCUT2D eigenvalue weighted by Crippen LogP contribution is -2.23. The number of rotatable bonds is 6. The van der Waals surface area contributed by atoms with Gasteiger partial charge in [-0.2, -0.15) is 0 Å². The van der Waals surface area contributed by atoms with E-state index in [-0.39, 0.29) is 5.91 Å². The van der Waals surface area contributed by atoms with Crippen molar-refractivity contribution >= 4 is 17.5 Å². The van der Waals surface area contributed by atoms with Crippen LogP contribution in [0.2, 0.25) is 5.02 Å². The molecule has 0 bridgehead atoms. The van der Waals surface area contributed by atoms with Gasteiger partial charge in [-0.15, -0.1) is 0 Å². The highest BCUT2D eigenvalue weighted by Gasteiger charge is 2.15. The molecule has 1 amide bonds. The van der Waals surface area contributed by atoms with Crippen molar-refractivity contribution in [1.82, 2.24) is 10.6 Å². The third kappa shape index (κ3) is 4.39. The number of carbonyl (C=O) groups is 1. The number of ether oxygens (including phenoxy) is 1. The van der Waals surface area contributed by atoms with Crippen molar-refractivity contribution in [3.8, 4) is 5.75 Å². The van der Waals surface area contributed by atoms with E-state index in [1.54, 1.807) is 7.11 Å². The third-order valence-electron chi connectivity index (χ3n) is 3.65. The van der Waals surface area contributed by atoms with Crippen molar-refractivity contribution in [1.29, 1.82) is 0 Å². The maximum atomic E-state index is 11.8. The third-order valence-corrected chi connectivity index (χ3v) is 3.94. The molecule has 1 fully saturated rings. The van der Waals surface area contributed by atoms with Gasteiger partial charge in [0.25, 0.3) is 0 Å². The lowest BCUT2D eigenvalue weighted by atomic mass is 10.0. The summed E-state index contributed by atoms with van der Waals surface area (Å²) >= 11 is 6.05. The van der Waals surface area contributed by atoms with Crippen LogP contribution in [0.15, 0.2) is 18.2 Å². The van der Waals surface area contributed by atoms with Gasteiger partial charge in [-0.3, -0.25) is 4.79 Å². The lowest BCUT2D eigenvalue weighted by Gasteiger charge is -2.10. The van der Waals surface area contributed by atoms with Crippen molar-refractivity contribution in [3.05, 3.63) is 28.8 Å². The topological polar surface area (TPSA) is 50.4 Å². The minimum absolute atomic E-state index is 0.101. The monoisotopic (exact) mass is 296 g/mol. The second-order valence-corrected chi connectivity index (χ2v) is 5.55. The molecular weight excluding hydrogens is 276 g/mol. The van der Waals surface area contributed by atoms with Gasteiger partial charge >= 0.3 is 0 Å². The Morgan fingerprint density at radius 1 is 1.55 bits per heavy atom. The zero-order chi connectivity index (χ0) is 14.4. The first-order chi connectivity index (χ1) is 9.69. The summed E-state index contributed by atoms with van der Waals surface area (Å²) in [5.41, 5.74) is 0.978. The maximum Gasteiger partial charge on any atom is 0.220 e. The van der Waals surface area contributed by atoms with Crippen LogP contribution in [-0.2, 0) is 11.3 Å². The van der Waals surface area contributed by atoms with Gasteiger partial charge in [0.1, 0.15) is 5.75 Å². The summed E-state index contributed by atoms with van der Waals surface area (Å²) in [6, 6.07) is 5.54. The van der Waals surface area contributed by atoms with E-state index in [0.29, 0.717) is 29.7 Å². The fraction of sp³-hybridized carbons (Fsp3) is 0.533. The predicted octanol–water partition coefficient (Wildman–Crippen LogP) is 2.35. The zero-order valence-electron chi connectivity index (χ0n) is 11.7. The van der Waals surface area contributed by atoms with E-state index in [1.165, 1.54) is 6.42 Å². The van der Waals surface area contributed by atoms with Crippen molar-refractivity contribution in [2.75, 3.05) is 20.2 Å². The highest BCUT2D eigenvalue weighted by atomic mass is 35.5. The molecule has 1 heterocycles. The average molecular weight is 297 g/mol. The van der Waals surface area contributed by atoms with Gasteiger partial charge in [0, 0.05) is 13.0 Å². The van der Waals surface area contributed by atoms with E-state index < -0.39 is 0 Å². The zero-order valence-corrected chi connectivity index (χ0v) is 12.5. The second kappa shape index (κ2) is 7.50. The molecule has 2 rings (SSSR count). The highest BCUT2D eigenvalue weighted by Crippen LogP contribution is 2.24. The van der Waals surface area contributed by atoms with E-state index in [2.05, 4.69) is 10.6 Å². The molecule has 5 heteroatoms. The van der Waals surface area contributed by atoms with E-state index in [4.69, 9.17) is 16.3 Å². The first-order valence-electron chi connectivity index (χ1n) is 6.99. The Balaban J connectivity index is 1.73. The van der Waals surface area contributed by atoms with Crippen LogP contribution in [0.1, 0.15) is 24.8 Å². The number of hydrogen-bond acceptors (Lipinski definition) is 3. The lowest BCUT2D eigenvalue weighted by molar-refractivity contribution is -0.121. The van der Waals surface area contributed by atoms with E-state index in [9.17, 15) is 4.79 Å². The molecule has 1 saturated heterocycles. The van der Waals surface area contributed by atoms with Crippen LogP contribution in [0.3, 0.4) is 0 Å². The molecule has 1 aromatic rings. The Labute approximate surface area is 124 Å². The standard InChI is InChI=1S/C15H21ClN2O2/c1-20-14-4-2-12(8-13(14)16)10-18-15(19)5-3-11-6-7-17-9-11/h2,4,8,11,17H,3,5-7,9-10H2,1H3,(H,18,19). The SMILES string of the molecule is COc1ccc(CNC(=O)CCC2CCNC2)cc1Cl. The molecule has 0 aliphatic carbocycles. The van der Waals surface area contributed by atoms with E-state index in [0.717, 1.165) is 25.1 Å². The van der Waals surface area contributed by atoms with Crippen LogP contribution in [0.25, 0.3) is 0 Å². The first-order valence-corrected chi connectivity index (χ1v) is 7.36. The number of methoxy groups -OCH3 is 1. The number of nitrogens with one attached hydrogen (secondary N) is 2. The molecule has 1 aliphatic heterocycles. The van der Waals surface area contributed by atoms with Crippen molar-refractivity contribution in [3.63, 3.8) is 0 Å². The quantitative estimate of drug-likeness (QED) is 0.847. The van der Waals surface area contributed by atoms with Crippen molar-refractivity contribution < 1.29 is 9.53 Å². The van der Waals surface area contributed by atoms with Gasteiger partial charge in [0.2, 0.25) is 5.91 Å². The number of halogens is 1. The maximum absolute atomic E-state index is 11.8. The van der Waals surface area contributed by atoms with Gasteiger partial charge in [0.05, 0.1) is 12.1 Å². The molecule has 2 N–H and O–H groups in total. The Morgan fingerprint density at radius 2 is 2.40 bits per heavy atom. The highest BCUT2D eigenvalue weighted by molar-refractivity contribution is 6.32. The van der Waals surface area contributed by atoms with Crippen LogP contribution >= 0.6 is 11.6 Å². The molecule has 20 heavy (non-hydrogen) atoms. The average Bonchev–Trinajstić information content (AvgIpc) is 2.96. The smallest absolute Gasteiger partial charge is 0.220 e. The summed E-state index contributed by atoms with van der Waals surface area (Å²) in [6.07, 6.45) is 2.74. The molecule has 1 aromatic carbocycles. The fourth-order valence-corrected chi connectivity index (χ4v) is 2.69. The molecule has 4 nitrogen and oxygen atoms in total. The molecular formula is C15H21ClN2O2. The Bertz CT molecular complexity index is 459. The normalized spacial score (nSPS) is 18.0. The van der Waals surface area contributed by atoms with Crippen molar-refractivity contribution in [2.24, 2.45) is 5.92 Å². The van der Waals surface area contributed by atoms with Crippen LogP contribution in [0.4, 0.5) is 0 Å². The van der Waals surface area contributed by atoms with Gasteiger partial charge in [-0.05, 0) is 49.5 Å². The number of carbonyl (C=O) groups excluding carboxylic acids is 1. The molecule has 0 aromatic heterocycles. The first kappa shape index (κ1) is 15.1. The van der Waals surface area contributed by atoms with Gasteiger partial charge in [-0.1, -0.05) is 17.7 Å². The Kier molecular flexibility index (Phi) is 5.68. The Morgan fingerprint density at radius 3 is 3.05 bits per heavy atom. The van der Waals surface area contributed by atoms with Crippen LogP contribution < -0.4 is 15.4 Å². The molecule has 0 saturated carbocycles. The van der Waals surface area contributed by atoms with Crippen LogP contribution in [0.5, 0.6) is 5.75 Å². The van der Waals surface area contributed by atoms with Gasteiger partial charge in [0.15, 0.2) is 0 Å². The molecule has 1 unspecified atom stereocenters. The van der Waals surface area contributed by atoms with E-state index in [1.807, 2.05) is 18.2 Å². The van der Waals surface area contributed by atoms with E-state index >= 15 is 0 Å². The molecule has 110 valence electrons. The van der Waals surface area contributed by atoms with Gasteiger partial charge in [-0.25, -0.2) is 0 Å². The summed E-state index contributed by atoms with van der Waals surface area (Å²) in [6.45, 7) is 2.63. The summed E-state index contributed by atoms with van der Waals surface area (Å²) in [5.74, 6) is 1.40. The molecule has 0 spiro atoms. The number of amides is 1. The summed E-state index contributed by atoms with van der Waals surface area (Å²) in [7, 11) is 1.58. The van der Waals surface area contributed by atoms with Crippen molar-refractivity contribution in [2.45, 2.75) is 25.8 Å². The molecule has 0 radical (unpaired) electrons. The summed E-state index contributed by atoms with van der Waals surface area (Å²) in [4.78, 5) is 11.8. The minimum atomic E-state index is 0.101. The second-order valence-electron chi connectivity index (χ2n) is 5.14. The Hall–Kier alpha value is -1.26. The molecule has 1 aliphatic rings. The fourth-order valence-electron chi connectivity index (χ4n) is 2.40. The summed E-state index contributed by atoms with van der Waals surface area (Å²) < 4.78 is 5.10. The van der Waals surface area contributed by atoms with Gasteiger partial charge < -0.3 is 15.4 Å². The number of benzene rings is 1. The molecule has 1 atom stereocenters. The predicted molar refractivity (Wildman–Crippen MR) is 80.1 cm³/mol.